The summed E-state index contributed by atoms with van der Waals surface area (Å²) in [5.41, 5.74) is 1.15. The van der Waals surface area contributed by atoms with Crippen LogP contribution in [-0.4, -0.2) is 0 Å². The third-order valence-corrected chi connectivity index (χ3v) is 6.58. The van der Waals surface area contributed by atoms with Crippen LogP contribution in [0.25, 0.3) is 0 Å². The lowest BCUT2D eigenvalue weighted by Crippen LogP contribution is -2.32. The van der Waals surface area contributed by atoms with Gasteiger partial charge in [-0.25, -0.2) is 0 Å². The largest absolute Gasteiger partial charge is 0.0648 e. The highest BCUT2D eigenvalue weighted by molar-refractivity contribution is 4.85. The van der Waals surface area contributed by atoms with Crippen LogP contribution in [0.1, 0.15) is 106 Å². The fourth-order valence-electron chi connectivity index (χ4n) is 4.26. The molecule has 0 heteroatoms. The van der Waals surface area contributed by atoms with Gasteiger partial charge in [-0.05, 0) is 48.3 Å². The van der Waals surface area contributed by atoms with Crippen molar-refractivity contribution in [3.8, 4) is 0 Å². The standard InChI is InChI=1S/C20H40/c1-7-20(6,17(2)3)18-13-9-8-11-15-19(4,5)16-12-10-14-18/h17-18H,7-16H2,1-6H3. The van der Waals surface area contributed by atoms with E-state index >= 15 is 0 Å². The van der Waals surface area contributed by atoms with E-state index in [1.54, 1.807) is 0 Å². The van der Waals surface area contributed by atoms with Crippen molar-refractivity contribution in [2.45, 2.75) is 106 Å². The second-order valence-electron chi connectivity index (χ2n) is 8.72. The maximum absolute atomic E-state index is 2.56. The van der Waals surface area contributed by atoms with Gasteiger partial charge in [0.15, 0.2) is 0 Å². The van der Waals surface area contributed by atoms with Crippen molar-refractivity contribution in [1.29, 1.82) is 0 Å². The second kappa shape index (κ2) is 7.85. The number of hydrogen-bond acceptors (Lipinski definition) is 0. The van der Waals surface area contributed by atoms with Gasteiger partial charge in [0.05, 0.1) is 0 Å². The average Bonchev–Trinajstić information content (AvgIpc) is 2.42. The molecule has 0 heterocycles. The quantitative estimate of drug-likeness (QED) is 0.511. The van der Waals surface area contributed by atoms with E-state index in [1.807, 2.05) is 0 Å². The van der Waals surface area contributed by atoms with E-state index in [0.717, 1.165) is 11.8 Å². The molecule has 0 saturated heterocycles. The zero-order valence-corrected chi connectivity index (χ0v) is 15.2. The van der Waals surface area contributed by atoms with Crippen LogP contribution in [0.3, 0.4) is 0 Å². The predicted molar refractivity (Wildman–Crippen MR) is 92.1 cm³/mol. The highest BCUT2D eigenvalue weighted by Gasteiger charge is 2.34. The highest BCUT2D eigenvalue weighted by Crippen LogP contribution is 2.44. The van der Waals surface area contributed by atoms with E-state index in [9.17, 15) is 0 Å². The second-order valence-corrected chi connectivity index (χ2v) is 8.72. The zero-order chi connectivity index (χ0) is 15.2. The summed E-state index contributed by atoms with van der Waals surface area (Å²) in [7, 11) is 0. The third kappa shape index (κ3) is 5.08. The summed E-state index contributed by atoms with van der Waals surface area (Å²) in [6.45, 7) is 14.8. The van der Waals surface area contributed by atoms with Crippen molar-refractivity contribution in [2.75, 3.05) is 0 Å². The van der Waals surface area contributed by atoms with Gasteiger partial charge in [0, 0.05) is 0 Å². The molecule has 0 amide bonds. The molecule has 1 aliphatic carbocycles. The Kier molecular flexibility index (Phi) is 7.09. The van der Waals surface area contributed by atoms with Crippen LogP contribution < -0.4 is 0 Å². The molecule has 0 nitrogen and oxygen atoms in total. The average molecular weight is 281 g/mol. The summed E-state index contributed by atoms with van der Waals surface area (Å²) in [5, 5.41) is 0. The molecule has 0 aromatic carbocycles. The van der Waals surface area contributed by atoms with E-state index < -0.39 is 0 Å². The van der Waals surface area contributed by atoms with Gasteiger partial charge in [-0.1, -0.05) is 80.1 Å². The summed E-state index contributed by atoms with van der Waals surface area (Å²) in [5.74, 6) is 1.77. The van der Waals surface area contributed by atoms with Crippen molar-refractivity contribution in [1.82, 2.24) is 0 Å². The summed E-state index contributed by atoms with van der Waals surface area (Å²) in [6, 6.07) is 0. The van der Waals surface area contributed by atoms with Crippen molar-refractivity contribution in [3.63, 3.8) is 0 Å². The van der Waals surface area contributed by atoms with Gasteiger partial charge >= 0.3 is 0 Å². The van der Waals surface area contributed by atoms with Gasteiger partial charge in [0.25, 0.3) is 0 Å². The normalized spacial score (nSPS) is 28.6. The molecule has 0 N–H and O–H groups in total. The predicted octanol–water partition coefficient (Wildman–Crippen LogP) is 7.23. The Morgan fingerprint density at radius 1 is 0.950 bits per heavy atom. The summed E-state index contributed by atoms with van der Waals surface area (Å²) < 4.78 is 0. The topological polar surface area (TPSA) is 0 Å². The van der Waals surface area contributed by atoms with Crippen molar-refractivity contribution >= 4 is 0 Å². The van der Waals surface area contributed by atoms with Crippen molar-refractivity contribution < 1.29 is 0 Å². The van der Waals surface area contributed by atoms with Crippen LogP contribution >= 0.6 is 0 Å². The summed E-state index contributed by atoms with van der Waals surface area (Å²) >= 11 is 0. The smallest absolute Gasteiger partial charge is 0.0277 e. The SMILES string of the molecule is CCC(C)(C(C)C)C1CCCCCC(C)(C)CCCC1. The lowest BCUT2D eigenvalue weighted by Gasteiger charge is -2.41. The van der Waals surface area contributed by atoms with Crippen LogP contribution in [0.15, 0.2) is 0 Å². The number of rotatable bonds is 3. The molecule has 0 spiro atoms. The van der Waals surface area contributed by atoms with Gasteiger partial charge in [0.2, 0.25) is 0 Å². The minimum Gasteiger partial charge on any atom is -0.0648 e. The van der Waals surface area contributed by atoms with Crippen LogP contribution in [0.2, 0.25) is 0 Å². The Morgan fingerprint density at radius 2 is 1.45 bits per heavy atom. The minimum atomic E-state index is 0.559. The third-order valence-electron chi connectivity index (χ3n) is 6.58. The first kappa shape index (κ1) is 18.1. The first-order valence-electron chi connectivity index (χ1n) is 9.32. The first-order chi connectivity index (χ1) is 9.32. The molecule has 0 radical (unpaired) electrons. The lowest BCUT2D eigenvalue weighted by molar-refractivity contribution is 0.0874. The van der Waals surface area contributed by atoms with E-state index in [2.05, 4.69) is 41.5 Å². The molecule has 120 valence electrons. The summed E-state index contributed by atoms with van der Waals surface area (Å²) in [6.07, 6.45) is 14.4. The van der Waals surface area contributed by atoms with Gasteiger partial charge in [-0.2, -0.15) is 0 Å². The molecule has 1 rings (SSSR count). The van der Waals surface area contributed by atoms with E-state index in [0.29, 0.717) is 10.8 Å². The van der Waals surface area contributed by atoms with Crippen LogP contribution in [0.5, 0.6) is 0 Å². The Bertz CT molecular complexity index is 263. The first-order valence-corrected chi connectivity index (χ1v) is 9.32. The molecule has 1 aliphatic rings. The van der Waals surface area contributed by atoms with Gasteiger partial charge in [0.1, 0.15) is 0 Å². The Hall–Kier alpha value is 0. The molecule has 1 saturated carbocycles. The molecule has 0 aromatic rings. The van der Waals surface area contributed by atoms with Crippen LogP contribution in [0, 0.1) is 22.7 Å². The van der Waals surface area contributed by atoms with Crippen LogP contribution in [-0.2, 0) is 0 Å². The Morgan fingerprint density at radius 3 is 1.95 bits per heavy atom. The van der Waals surface area contributed by atoms with Crippen molar-refractivity contribution in [3.05, 3.63) is 0 Å². The van der Waals surface area contributed by atoms with E-state index in [4.69, 9.17) is 0 Å². The van der Waals surface area contributed by atoms with Crippen LogP contribution in [0.4, 0.5) is 0 Å². The molecule has 20 heavy (non-hydrogen) atoms. The molecular weight excluding hydrogens is 240 g/mol. The Labute approximate surface area is 129 Å². The van der Waals surface area contributed by atoms with E-state index in [1.165, 1.54) is 64.2 Å². The molecule has 1 fully saturated rings. The van der Waals surface area contributed by atoms with Gasteiger partial charge < -0.3 is 0 Å². The molecule has 2 unspecified atom stereocenters. The summed E-state index contributed by atoms with van der Waals surface area (Å²) in [4.78, 5) is 0. The van der Waals surface area contributed by atoms with E-state index in [-0.39, 0.29) is 0 Å². The fourth-order valence-corrected chi connectivity index (χ4v) is 4.26. The lowest BCUT2D eigenvalue weighted by atomic mass is 9.64. The molecule has 0 aliphatic heterocycles. The molecule has 0 bridgehead atoms. The maximum atomic E-state index is 2.56. The number of hydrogen-bond donors (Lipinski definition) is 0. The monoisotopic (exact) mass is 280 g/mol. The minimum absolute atomic E-state index is 0.559. The zero-order valence-electron chi connectivity index (χ0n) is 15.2. The Balaban J connectivity index is 2.68. The molecule has 0 aromatic heterocycles. The molecular formula is C20H40. The fraction of sp³-hybridized carbons (Fsp3) is 1.00. The maximum Gasteiger partial charge on any atom is -0.0277 e. The highest BCUT2D eigenvalue weighted by atomic mass is 14.4. The molecule has 2 atom stereocenters. The van der Waals surface area contributed by atoms with Gasteiger partial charge in [-0.15, -0.1) is 0 Å². The van der Waals surface area contributed by atoms with Crippen molar-refractivity contribution in [2.24, 2.45) is 22.7 Å². The van der Waals surface area contributed by atoms with Gasteiger partial charge in [-0.3, -0.25) is 0 Å².